The fraction of sp³-hybridized carbons (Fsp3) is 1.00. The summed E-state index contributed by atoms with van der Waals surface area (Å²) in [5, 5.41) is 15.9. The van der Waals surface area contributed by atoms with Crippen molar-refractivity contribution in [3.05, 3.63) is 0 Å². The summed E-state index contributed by atoms with van der Waals surface area (Å²) in [6.45, 7) is 9.36. The van der Waals surface area contributed by atoms with Gasteiger partial charge in [0.25, 0.3) is 0 Å². The average Bonchev–Trinajstić information content (AvgIpc) is 1.98. The summed E-state index contributed by atoms with van der Waals surface area (Å²) < 4.78 is 0. The van der Waals surface area contributed by atoms with E-state index in [1.807, 2.05) is 6.92 Å². The molecule has 15 heavy (non-hydrogen) atoms. The standard InChI is InChI=1S/C12H26N2O/c1-9(7-13-8-11(3)15)6-10(2)12-4-5-14-12/h9-15H,4-8H2,1-3H3/t9?,10-,11?,12?/m1/s1. The molecule has 3 nitrogen and oxygen atoms in total. The zero-order valence-electron chi connectivity index (χ0n) is 10.3. The van der Waals surface area contributed by atoms with E-state index in [4.69, 9.17) is 5.11 Å². The Morgan fingerprint density at radius 3 is 2.47 bits per heavy atom. The molecule has 0 aliphatic carbocycles. The first-order valence-corrected chi connectivity index (χ1v) is 6.21. The topological polar surface area (TPSA) is 44.3 Å². The van der Waals surface area contributed by atoms with Crippen LogP contribution in [0.5, 0.6) is 0 Å². The molecule has 3 unspecified atom stereocenters. The van der Waals surface area contributed by atoms with E-state index in [0.29, 0.717) is 12.5 Å². The average molecular weight is 214 g/mol. The van der Waals surface area contributed by atoms with Gasteiger partial charge in [-0.05, 0) is 44.7 Å². The van der Waals surface area contributed by atoms with E-state index >= 15 is 0 Å². The van der Waals surface area contributed by atoms with Gasteiger partial charge in [0.15, 0.2) is 0 Å². The third-order valence-electron chi connectivity index (χ3n) is 3.26. The Bertz CT molecular complexity index is 169. The van der Waals surface area contributed by atoms with Crippen LogP contribution in [0.25, 0.3) is 0 Å². The Hall–Kier alpha value is -0.120. The van der Waals surface area contributed by atoms with Crippen molar-refractivity contribution in [2.45, 2.75) is 45.8 Å². The van der Waals surface area contributed by atoms with Crippen LogP contribution in [0.3, 0.4) is 0 Å². The molecule has 3 heteroatoms. The number of hydrogen-bond donors (Lipinski definition) is 3. The van der Waals surface area contributed by atoms with Crippen LogP contribution < -0.4 is 10.6 Å². The van der Waals surface area contributed by atoms with Crippen molar-refractivity contribution < 1.29 is 5.11 Å². The quantitative estimate of drug-likeness (QED) is 0.592. The molecule has 90 valence electrons. The highest BCUT2D eigenvalue weighted by molar-refractivity contribution is 4.83. The van der Waals surface area contributed by atoms with Crippen LogP contribution in [0.15, 0.2) is 0 Å². The van der Waals surface area contributed by atoms with E-state index in [0.717, 1.165) is 18.5 Å². The Morgan fingerprint density at radius 1 is 1.33 bits per heavy atom. The third kappa shape index (κ3) is 4.96. The molecule has 1 aliphatic heterocycles. The molecule has 0 aromatic heterocycles. The highest BCUT2D eigenvalue weighted by Crippen LogP contribution is 2.20. The normalized spacial score (nSPS) is 26.8. The van der Waals surface area contributed by atoms with Crippen LogP contribution in [0.1, 0.15) is 33.6 Å². The van der Waals surface area contributed by atoms with Crippen LogP contribution in [-0.2, 0) is 0 Å². The van der Waals surface area contributed by atoms with Crippen molar-refractivity contribution in [2.75, 3.05) is 19.6 Å². The first kappa shape index (κ1) is 12.9. The van der Waals surface area contributed by atoms with Gasteiger partial charge in [-0.1, -0.05) is 13.8 Å². The minimum Gasteiger partial charge on any atom is -0.392 e. The van der Waals surface area contributed by atoms with Crippen molar-refractivity contribution in [3.8, 4) is 0 Å². The first-order chi connectivity index (χ1) is 7.09. The molecule has 0 aromatic carbocycles. The largest absolute Gasteiger partial charge is 0.392 e. The van der Waals surface area contributed by atoms with Gasteiger partial charge in [-0.2, -0.15) is 0 Å². The maximum atomic E-state index is 9.11. The first-order valence-electron chi connectivity index (χ1n) is 6.21. The van der Waals surface area contributed by atoms with Gasteiger partial charge >= 0.3 is 0 Å². The molecule has 0 spiro atoms. The SMILES string of the molecule is CC(O)CNCC(C)C[C@@H](C)C1CCN1. The van der Waals surface area contributed by atoms with E-state index in [1.165, 1.54) is 19.4 Å². The van der Waals surface area contributed by atoms with E-state index in [-0.39, 0.29) is 6.10 Å². The van der Waals surface area contributed by atoms with Gasteiger partial charge in [0.2, 0.25) is 0 Å². The molecule has 1 fully saturated rings. The van der Waals surface area contributed by atoms with E-state index < -0.39 is 0 Å². The summed E-state index contributed by atoms with van der Waals surface area (Å²) >= 11 is 0. The smallest absolute Gasteiger partial charge is 0.0636 e. The van der Waals surface area contributed by atoms with Crippen LogP contribution in [0.2, 0.25) is 0 Å². The predicted octanol–water partition coefficient (Wildman–Crippen LogP) is 0.981. The number of rotatable bonds is 7. The van der Waals surface area contributed by atoms with Crippen molar-refractivity contribution in [3.63, 3.8) is 0 Å². The zero-order valence-corrected chi connectivity index (χ0v) is 10.3. The van der Waals surface area contributed by atoms with Crippen molar-refractivity contribution in [1.29, 1.82) is 0 Å². The number of aliphatic hydroxyl groups is 1. The summed E-state index contributed by atoms with van der Waals surface area (Å²) in [4.78, 5) is 0. The molecule has 0 bridgehead atoms. The van der Waals surface area contributed by atoms with Crippen LogP contribution >= 0.6 is 0 Å². The molecule has 1 heterocycles. The molecule has 0 radical (unpaired) electrons. The molecule has 0 saturated carbocycles. The Kier molecular flexibility index (Phi) is 5.58. The lowest BCUT2D eigenvalue weighted by Gasteiger charge is -2.34. The highest BCUT2D eigenvalue weighted by Gasteiger charge is 2.24. The monoisotopic (exact) mass is 214 g/mol. The molecule has 3 N–H and O–H groups in total. The van der Waals surface area contributed by atoms with E-state index in [2.05, 4.69) is 24.5 Å². The second-order valence-corrected chi connectivity index (χ2v) is 5.17. The third-order valence-corrected chi connectivity index (χ3v) is 3.26. The number of nitrogens with one attached hydrogen (secondary N) is 2. The van der Waals surface area contributed by atoms with Gasteiger partial charge in [0.05, 0.1) is 6.10 Å². The maximum absolute atomic E-state index is 9.11. The molecule has 4 atom stereocenters. The number of hydrogen-bond acceptors (Lipinski definition) is 3. The fourth-order valence-electron chi connectivity index (χ4n) is 2.22. The van der Waals surface area contributed by atoms with Gasteiger partial charge in [-0.3, -0.25) is 0 Å². The van der Waals surface area contributed by atoms with Gasteiger partial charge in [0, 0.05) is 12.6 Å². The van der Waals surface area contributed by atoms with Gasteiger partial charge in [0.1, 0.15) is 0 Å². The summed E-state index contributed by atoms with van der Waals surface area (Å²) in [6.07, 6.45) is 2.38. The van der Waals surface area contributed by atoms with Crippen molar-refractivity contribution in [2.24, 2.45) is 11.8 Å². The molecule has 1 rings (SSSR count). The summed E-state index contributed by atoms with van der Waals surface area (Å²) in [6, 6.07) is 0.754. The highest BCUT2D eigenvalue weighted by atomic mass is 16.3. The second-order valence-electron chi connectivity index (χ2n) is 5.17. The lowest BCUT2D eigenvalue weighted by molar-refractivity contribution is 0.186. The summed E-state index contributed by atoms with van der Waals surface area (Å²) in [7, 11) is 0. The van der Waals surface area contributed by atoms with E-state index in [1.54, 1.807) is 0 Å². The summed E-state index contributed by atoms with van der Waals surface area (Å²) in [5.41, 5.74) is 0. The molecule has 0 aromatic rings. The zero-order chi connectivity index (χ0) is 11.3. The van der Waals surface area contributed by atoms with E-state index in [9.17, 15) is 0 Å². The van der Waals surface area contributed by atoms with Gasteiger partial charge in [-0.25, -0.2) is 0 Å². The second kappa shape index (κ2) is 6.46. The van der Waals surface area contributed by atoms with Crippen molar-refractivity contribution >= 4 is 0 Å². The van der Waals surface area contributed by atoms with Crippen LogP contribution in [-0.4, -0.2) is 36.9 Å². The fourth-order valence-corrected chi connectivity index (χ4v) is 2.22. The molecule has 1 aliphatic rings. The van der Waals surface area contributed by atoms with Crippen LogP contribution in [0, 0.1) is 11.8 Å². The van der Waals surface area contributed by atoms with Gasteiger partial charge in [-0.15, -0.1) is 0 Å². The summed E-state index contributed by atoms with van der Waals surface area (Å²) in [5.74, 6) is 1.48. The lowest BCUT2D eigenvalue weighted by Crippen LogP contribution is -2.47. The van der Waals surface area contributed by atoms with Gasteiger partial charge < -0.3 is 15.7 Å². The van der Waals surface area contributed by atoms with Crippen molar-refractivity contribution in [1.82, 2.24) is 10.6 Å². The minimum absolute atomic E-state index is 0.233. The van der Waals surface area contributed by atoms with Crippen LogP contribution in [0.4, 0.5) is 0 Å². The number of aliphatic hydroxyl groups excluding tert-OH is 1. The molecular weight excluding hydrogens is 188 g/mol. The lowest BCUT2D eigenvalue weighted by atomic mass is 9.86. The Labute approximate surface area is 93.6 Å². The molecule has 0 amide bonds. The minimum atomic E-state index is -0.233. The maximum Gasteiger partial charge on any atom is 0.0636 e. The Morgan fingerprint density at radius 2 is 2.00 bits per heavy atom. The predicted molar refractivity (Wildman–Crippen MR) is 63.9 cm³/mol. The molecule has 1 saturated heterocycles. The Balaban J connectivity index is 2.03. The molecular formula is C12H26N2O.